The van der Waals surface area contributed by atoms with Crippen LogP contribution in [0.2, 0.25) is 0 Å². The number of hydrogen-bond acceptors (Lipinski definition) is 4. The summed E-state index contributed by atoms with van der Waals surface area (Å²) in [5, 5.41) is 6.09. The number of anilines is 1. The van der Waals surface area contributed by atoms with Gasteiger partial charge >= 0.3 is 0 Å². The van der Waals surface area contributed by atoms with E-state index >= 15 is 0 Å². The third-order valence-electron chi connectivity index (χ3n) is 2.54. The number of H-pyrrole nitrogens is 1. The summed E-state index contributed by atoms with van der Waals surface area (Å²) in [5.41, 5.74) is 2.18. The molecule has 0 spiro atoms. The minimum Gasteiger partial charge on any atom is -0.345 e. The van der Waals surface area contributed by atoms with Crippen LogP contribution in [0.4, 0.5) is 5.13 Å². The van der Waals surface area contributed by atoms with Crippen LogP contribution in [0.25, 0.3) is 11.0 Å². The van der Waals surface area contributed by atoms with Crippen LogP contribution in [0.3, 0.4) is 0 Å². The number of hydrogen-bond donors (Lipinski definition) is 2. The van der Waals surface area contributed by atoms with Crippen molar-refractivity contribution in [1.29, 1.82) is 0 Å². The molecule has 0 aliphatic heterocycles. The first-order valence-electron chi connectivity index (χ1n) is 5.39. The van der Waals surface area contributed by atoms with Crippen molar-refractivity contribution in [1.82, 2.24) is 15.0 Å². The van der Waals surface area contributed by atoms with Crippen molar-refractivity contribution in [2.75, 3.05) is 5.32 Å². The number of nitrogens with zero attached hydrogens (tertiary/aromatic N) is 2. The normalized spacial score (nSPS) is 10.7. The summed E-state index contributed by atoms with van der Waals surface area (Å²) in [6.07, 6.45) is 3.35. The smallest absolute Gasteiger partial charge is 0.259 e. The lowest BCUT2D eigenvalue weighted by Crippen LogP contribution is -2.11. The monoisotopic (exact) mass is 258 g/mol. The topological polar surface area (TPSA) is 70.7 Å². The predicted octanol–water partition coefficient (Wildman–Crippen LogP) is 2.58. The summed E-state index contributed by atoms with van der Waals surface area (Å²) in [6.45, 7) is 1.89. The largest absolute Gasteiger partial charge is 0.345 e. The van der Waals surface area contributed by atoms with E-state index in [1.165, 1.54) is 11.3 Å². The molecule has 0 atom stereocenters. The Kier molecular flexibility index (Phi) is 2.56. The van der Waals surface area contributed by atoms with Crippen LogP contribution in [0.15, 0.2) is 29.9 Å². The number of aromatic amines is 1. The summed E-state index contributed by atoms with van der Waals surface area (Å²) >= 11 is 1.41. The Morgan fingerprint density at radius 3 is 3.17 bits per heavy atom. The molecule has 1 amide bonds. The molecule has 0 radical (unpaired) electrons. The van der Waals surface area contributed by atoms with Gasteiger partial charge in [0.25, 0.3) is 5.91 Å². The number of pyridine rings is 1. The van der Waals surface area contributed by atoms with E-state index in [-0.39, 0.29) is 5.91 Å². The fourth-order valence-electron chi connectivity index (χ4n) is 1.72. The first-order chi connectivity index (χ1) is 8.74. The molecule has 0 aliphatic carbocycles. The highest BCUT2D eigenvalue weighted by molar-refractivity contribution is 7.13. The molecule has 3 rings (SSSR count). The fraction of sp³-hybridized carbons (Fsp3) is 0.0833. The molecular formula is C12H10N4OS. The van der Waals surface area contributed by atoms with Gasteiger partial charge in [0.2, 0.25) is 0 Å². The van der Waals surface area contributed by atoms with Crippen LogP contribution in [0.5, 0.6) is 0 Å². The fourth-order valence-corrected chi connectivity index (χ4v) is 2.40. The number of amides is 1. The van der Waals surface area contributed by atoms with E-state index in [0.717, 1.165) is 11.1 Å². The standard InChI is InChI=1S/C12H10N4OS/c1-7-6-18-12(15-7)16-11(17)9-5-14-10-8(9)3-2-4-13-10/h2-6H,1H3,(H,13,14)(H,15,16,17). The van der Waals surface area contributed by atoms with Crippen molar-refractivity contribution in [2.45, 2.75) is 6.92 Å². The first-order valence-corrected chi connectivity index (χ1v) is 6.27. The van der Waals surface area contributed by atoms with Gasteiger partial charge in [-0.25, -0.2) is 9.97 Å². The second-order valence-electron chi connectivity index (χ2n) is 3.85. The number of thiazole rings is 1. The number of nitrogens with one attached hydrogen (secondary N) is 2. The minimum atomic E-state index is -0.177. The molecule has 0 aliphatic rings. The number of rotatable bonds is 2. The van der Waals surface area contributed by atoms with E-state index in [9.17, 15) is 4.79 Å². The molecule has 0 unspecified atom stereocenters. The molecule has 0 bridgehead atoms. The van der Waals surface area contributed by atoms with Gasteiger partial charge in [-0.05, 0) is 19.1 Å². The lowest BCUT2D eigenvalue weighted by molar-refractivity contribution is 0.102. The Morgan fingerprint density at radius 1 is 1.50 bits per heavy atom. The van der Waals surface area contributed by atoms with Crippen molar-refractivity contribution >= 4 is 33.4 Å². The van der Waals surface area contributed by atoms with Gasteiger partial charge in [-0.3, -0.25) is 10.1 Å². The van der Waals surface area contributed by atoms with E-state index in [1.807, 2.05) is 18.4 Å². The SMILES string of the molecule is Cc1csc(NC(=O)c2c[nH]c3ncccc23)n1. The molecule has 6 heteroatoms. The lowest BCUT2D eigenvalue weighted by atomic mass is 10.2. The van der Waals surface area contributed by atoms with E-state index in [0.29, 0.717) is 16.3 Å². The molecule has 0 saturated carbocycles. The lowest BCUT2D eigenvalue weighted by Gasteiger charge is -1.99. The second-order valence-corrected chi connectivity index (χ2v) is 4.71. The zero-order valence-corrected chi connectivity index (χ0v) is 10.4. The maximum atomic E-state index is 12.1. The molecule has 2 N–H and O–H groups in total. The molecular weight excluding hydrogens is 248 g/mol. The Balaban J connectivity index is 1.92. The Hall–Kier alpha value is -2.21. The van der Waals surface area contributed by atoms with Gasteiger partial charge in [0.05, 0.1) is 11.3 Å². The van der Waals surface area contributed by atoms with E-state index in [2.05, 4.69) is 20.3 Å². The van der Waals surface area contributed by atoms with Gasteiger partial charge in [0, 0.05) is 23.2 Å². The van der Waals surface area contributed by atoms with Crippen LogP contribution < -0.4 is 5.32 Å². The quantitative estimate of drug-likeness (QED) is 0.742. The third kappa shape index (κ3) is 1.86. The van der Waals surface area contributed by atoms with Gasteiger partial charge in [-0.1, -0.05) is 0 Å². The average Bonchev–Trinajstić information content (AvgIpc) is 2.95. The highest BCUT2D eigenvalue weighted by Crippen LogP contribution is 2.19. The summed E-state index contributed by atoms with van der Waals surface area (Å²) in [6, 6.07) is 3.67. The van der Waals surface area contributed by atoms with E-state index < -0.39 is 0 Å². The highest BCUT2D eigenvalue weighted by Gasteiger charge is 2.13. The average molecular weight is 258 g/mol. The minimum absolute atomic E-state index is 0.177. The number of carbonyl (C=O) groups excluding carboxylic acids is 1. The van der Waals surface area contributed by atoms with Crippen LogP contribution in [-0.4, -0.2) is 20.9 Å². The van der Waals surface area contributed by atoms with Gasteiger partial charge < -0.3 is 4.98 Å². The zero-order valence-electron chi connectivity index (χ0n) is 9.60. The number of fused-ring (bicyclic) bond motifs is 1. The predicted molar refractivity (Wildman–Crippen MR) is 70.9 cm³/mol. The molecule has 0 fully saturated rings. The van der Waals surface area contributed by atoms with Gasteiger partial charge in [0.1, 0.15) is 5.65 Å². The maximum Gasteiger partial charge on any atom is 0.259 e. The van der Waals surface area contributed by atoms with Crippen molar-refractivity contribution in [3.8, 4) is 0 Å². The van der Waals surface area contributed by atoms with Crippen LogP contribution in [0.1, 0.15) is 16.1 Å². The third-order valence-corrected chi connectivity index (χ3v) is 3.41. The Bertz CT molecular complexity index is 716. The summed E-state index contributed by atoms with van der Waals surface area (Å²) in [5.74, 6) is -0.177. The van der Waals surface area contributed by atoms with Crippen LogP contribution in [-0.2, 0) is 0 Å². The molecule has 3 aromatic rings. The molecule has 18 heavy (non-hydrogen) atoms. The molecule has 3 aromatic heterocycles. The van der Waals surface area contributed by atoms with Gasteiger partial charge in [-0.2, -0.15) is 0 Å². The van der Waals surface area contributed by atoms with Crippen molar-refractivity contribution in [3.05, 3.63) is 41.2 Å². The highest BCUT2D eigenvalue weighted by atomic mass is 32.1. The van der Waals surface area contributed by atoms with E-state index in [1.54, 1.807) is 18.5 Å². The van der Waals surface area contributed by atoms with E-state index in [4.69, 9.17) is 0 Å². The number of aryl methyl sites for hydroxylation is 1. The molecule has 90 valence electrons. The Labute approximate surface area is 107 Å². The molecule has 0 saturated heterocycles. The molecule has 5 nitrogen and oxygen atoms in total. The summed E-state index contributed by atoms with van der Waals surface area (Å²) in [7, 11) is 0. The van der Waals surface area contributed by atoms with Gasteiger partial charge in [0.15, 0.2) is 5.13 Å². The first kappa shape index (κ1) is 10.9. The van der Waals surface area contributed by atoms with Crippen molar-refractivity contribution < 1.29 is 4.79 Å². The molecule has 3 heterocycles. The van der Waals surface area contributed by atoms with Crippen molar-refractivity contribution in [3.63, 3.8) is 0 Å². The maximum absolute atomic E-state index is 12.1. The zero-order chi connectivity index (χ0) is 12.5. The summed E-state index contributed by atoms with van der Waals surface area (Å²) in [4.78, 5) is 23.4. The van der Waals surface area contributed by atoms with Crippen molar-refractivity contribution in [2.24, 2.45) is 0 Å². The van der Waals surface area contributed by atoms with Crippen LogP contribution in [0, 0.1) is 6.92 Å². The second kappa shape index (κ2) is 4.23. The van der Waals surface area contributed by atoms with Crippen LogP contribution >= 0.6 is 11.3 Å². The number of aromatic nitrogens is 3. The molecule has 0 aromatic carbocycles. The Morgan fingerprint density at radius 2 is 2.39 bits per heavy atom. The number of carbonyl (C=O) groups is 1. The van der Waals surface area contributed by atoms with Gasteiger partial charge in [-0.15, -0.1) is 11.3 Å². The summed E-state index contributed by atoms with van der Waals surface area (Å²) < 4.78 is 0.